The van der Waals surface area contributed by atoms with Gasteiger partial charge in [0.2, 0.25) is 5.91 Å². The summed E-state index contributed by atoms with van der Waals surface area (Å²) in [5, 5.41) is 3.21. The lowest BCUT2D eigenvalue weighted by atomic mass is 9.99. The van der Waals surface area contributed by atoms with Gasteiger partial charge >= 0.3 is 0 Å². The fourth-order valence-corrected chi connectivity index (χ4v) is 3.20. The maximum absolute atomic E-state index is 12.3. The van der Waals surface area contributed by atoms with Gasteiger partial charge in [0.1, 0.15) is 11.6 Å². The van der Waals surface area contributed by atoms with E-state index < -0.39 is 0 Å². The first-order valence-electron chi connectivity index (χ1n) is 9.87. The zero-order valence-corrected chi connectivity index (χ0v) is 16.8. The highest BCUT2D eigenvalue weighted by Crippen LogP contribution is 2.38. The maximum Gasteiger partial charge on any atom is 0.220 e. The number of hydrogen-bond acceptors (Lipinski definition) is 4. The van der Waals surface area contributed by atoms with E-state index in [1.165, 1.54) is 18.4 Å². The van der Waals surface area contributed by atoms with Crippen molar-refractivity contribution in [2.45, 2.75) is 57.9 Å². The zero-order chi connectivity index (χ0) is 19.4. The number of amides is 1. The van der Waals surface area contributed by atoms with Crippen molar-refractivity contribution in [3.8, 4) is 0 Å². The molecule has 1 N–H and O–H groups in total. The van der Waals surface area contributed by atoms with Gasteiger partial charge in [0.15, 0.2) is 0 Å². The van der Waals surface area contributed by atoms with E-state index >= 15 is 0 Å². The molecule has 144 valence electrons. The van der Waals surface area contributed by atoms with Crippen molar-refractivity contribution in [2.24, 2.45) is 0 Å². The second kappa shape index (κ2) is 8.51. The van der Waals surface area contributed by atoms with Crippen molar-refractivity contribution >= 4 is 11.7 Å². The quantitative estimate of drug-likeness (QED) is 0.769. The molecule has 5 nitrogen and oxygen atoms in total. The summed E-state index contributed by atoms with van der Waals surface area (Å²) in [7, 11) is 4.01. The van der Waals surface area contributed by atoms with Crippen LogP contribution < -0.4 is 10.2 Å². The van der Waals surface area contributed by atoms with Gasteiger partial charge in [-0.05, 0) is 31.7 Å². The lowest BCUT2D eigenvalue weighted by molar-refractivity contribution is -0.121. The van der Waals surface area contributed by atoms with Crippen molar-refractivity contribution in [2.75, 3.05) is 19.0 Å². The predicted octanol–water partition coefficient (Wildman–Crippen LogP) is 3.93. The van der Waals surface area contributed by atoms with Crippen molar-refractivity contribution in [3.05, 3.63) is 53.0 Å². The SMILES string of the molecule is CCCC(=O)N[C@H](Cc1cc(N(C)C)nc(C2CC2)n1)c1cccc(C)c1. The van der Waals surface area contributed by atoms with Gasteiger partial charge < -0.3 is 10.2 Å². The minimum absolute atomic E-state index is 0.0825. The normalized spacial score (nSPS) is 14.7. The van der Waals surface area contributed by atoms with Gasteiger partial charge in [0.25, 0.3) is 0 Å². The molecule has 1 aliphatic rings. The van der Waals surface area contributed by atoms with E-state index in [1.807, 2.05) is 38.1 Å². The van der Waals surface area contributed by atoms with Crippen LogP contribution in [0, 0.1) is 6.92 Å². The van der Waals surface area contributed by atoms with E-state index in [4.69, 9.17) is 9.97 Å². The number of aryl methyl sites for hydroxylation is 1. The Kier molecular flexibility index (Phi) is 6.09. The summed E-state index contributed by atoms with van der Waals surface area (Å²) >= 11 is 0. The van der Waals surface area contributed by atoms with Gasteiger partial charge in [-0.1, -0.05) is 36.8 Å². The summed E-state index contributed by atoms with van der Waals surface area (Å²) in [6.45, 7) is 4.10. The van der Waals surface area contributed by atoms with Crippen LogP contribution in [0.25, 0.3) is 0 Å². The lowest BCUT2D eigenvalue weighted by Crippen LogP contribution is -2.30. The highest BCUT2D eigenvalue weighted by molar-refractivity contribution is 5.76. The number of hydrogen-bond donors (Lipinski definition) is 1. The van der Waals surface area contributed by atoms with Crippen LogP contribution in [0.15, 0.2) is 30.3 Å². The molecule has 0 bridgehead atoms. The number of anilines is 1. The molecule has 1 fully saturated rings. The molecule has 1 atom stereocenters. The highest BCUT2D eigenvalue weighted by Gasteiger charge is 2.28. The van der Waals surface area contributed by atoms with Gasteiger partial charge in [0.05, 0.1) is 6.04 Å². The van der Waals surface area contributed by atoms with Crippen molar-refractivity contribution in [1.82, 2.24) is 15.3 Å². The summed E-state index contributed by atoms with van der Waals surface area (Å²) in [5.41, 5.74) is 3.30. The zero-order valence-electron chi connectivity index (χ0n) is 16.8. The standard InChI is InChI=1S/C22H30N4O/c1-5-7-21(27)24-19(17-9-6-8-15(2)12-17)13-18-14-20(26(3)4)25-22(23-18)16-10-11-16/h6,8-9,12,14,16,19H,5,7,10-11,13H2,1-4H3,(H,24,27)/t19-/m1/s1. The van der Waals surface area contributed by atoms with Gasteiger partial charge in [-0.3, -0.25) is 4.79 Å². The Labute approximate surface area is 162 Å². The van der Waals surface area contributed by atoms with Crippen molar-refractivity contribution in [1.29, 1.82) is 0 Å². The van der Waals surface area contributed by atoms with E-state index in [-0.39, 0.29) is 11.9 Å². The number of aromatic nitrogens is 2. The van der Waals surface area contributed by atoms with Crippen LogP contribution in [0.3, 0.4) is 0 Å². The minimum Gasteiger partial charge on any atom is -0.363 e. The second-order valence-corrected chi connectivity index (χ2v) is 7.73. The fraction of sp³-hybridized carbons (Fsp3) is 0.500. The topological polar surface area (TPSA) is 58.1 Å². The van der Waals surface area contributed by atoms with Crippen molar-refractivity contribution in [3.63, 3.8) is 0 Å². The Morgan fingerprint density at radius 2 is 2.04 bits per heavy atom. The Morgan fingerprint density at radius 3 is 2.67 bits per heavy atom. The van der Waals surface area contributed by atoms with Gasteiger partial charge in [-0.15, -0.1) is 0 Å². The second-order valence-electron chi connectivity index (χ2n) is 7.73. The molecule has 1 saturated carbocycles. The van der Waals surface area contributed by atoms with E-state index in [0.717, 1.165) is 29.3 Å². The largest absolute Gasteiger partial charge is 0.363 e. The molecule has 1 heterocycles. The maximum atomic E-state index is 12.3. The molecule has 0 radical (unpaired) electrons. The molecule has 0 saturated heterocycles. The molecule has 2 aromatic rings. The third-order valence-electron chi connectivity index (χ3n) is 4.85. The summed E-state index contributed by atoms with van der Waals surface area (Å²) in [6.07, 6.45) is 4.40. The lowest BCUT2D eigenvalue weighted by Gasteiger charge is -2.21. The van der Waals surface area contributed by atoms with Crippen LogP contribution in [0.4, 0.5) is 5.82 Å². The average molecular weight is 367 g/mol. The van der Waals surface area contributed by atoms with Crippen LogP contribution in [0.1, 0.15) is 67.2 Å². The molecule has 27 heavy (non-hydrogen) atoms. The van der Waals surface area contributed by atoms with Crippen molar-refractivity contribution < 1.29 is 4.79 Å². The molecule has 0 aliphatic heterocycles. The fourth-order valence-electron chi connectivity index (χ4n) is 3.20. The molecule has 1 aromatic heterocycles. The third-order valence-corrected chi connectivity index (χ3v) is 4.85. The third kappa shape index (κ3) is 5.28. The molecule has 3 rings (SSSR count). The summed E-state index contributed by atoms with van der Waals surface area (Å²) < 4.78 is 0. The summed E-state index contributed by atoms with van der Waals surface area (Å²) in [6, 6.07) is 10.3. The number of rotatable bonds is 8. The van der Waals surface area contributed by atoms with Gasteiger partial charge in [0, 0.05) is 44.6 Å². The first kappa shape index (κ1) is 19.3. The number of nitrogens with one attached hydrogen (secondary N) is 1. The van der Waals surface area contributed by atoms with Crippen LogP contribution in [0.2, 0.25) is 0 Å². The highest BCUT2D eigenvalue weighted by atomic mass is 16.1. The van der Waals surface area contributed by atoms with Crippen LogP contribution in [-0.4, -0.2) is 30.0 Å². The smallest absolute Gasteiger partial charge is 0.220 e. The van der Waals surface area contributed by atoms with Gasteiger partial charge in [-0.2, -0.15) is 0 Å². The Morgan fingerprint density at radius 1 is 1.26 bits per heavy atom. The van der Waals surface area contributed by atoms with E-state index in [1.54, 1.807) is 0 Å². The Hall–Kier alpha value is -2.43. The van der Waals surface area contributed by atoms with Crippen LogP contribution in [0.5, 0.6) is 0 Å². The number of carbonyl (C=O) groups is 1. The number of carbonyl (C=O) groups excluding carboxylic acids is 1. The Balaban J connectivity index is 1.89. The average Bonchev–Trinajstić information content (AvgIpc) is 3.46. The molecule has 1 amide bonds. The Bertz CT molecular complexity index is 778. The van der Waals surface area contributed by atoms with E-state index in [2.05, 4.69) is 30.4 Å². The molecule has 5 heteroatoms. The van der Waals surface area contributed by atoms with Crippen LogP contribution >= 0.6 is 0 Å². The molecule has 1 aliphatic carbocycles. The molecular weight excluding hydrogens is 336 g/mol. The van der Waals surface area contributed by atoms with E-state index in [0.29, 0.717) is 18.8 Å². The summed E-state index contributed by atoms with van der Waals surface area (Å²) in [5.74, 6) is 2.47. The van der Waals surface area contributed by atoms with Crippen LogP contribution in [-0.2, 0) is 11.2 Å². The summed E-state index contributed by atoms with van der Waals surface area (Å²) in [4.78, 5) is 23.9. The molecule has 1 aromatic carbocycles. The first-order valence-corrected chi connectivity index (χ1v) is 9.87. The number of benzene rings is 1. The molecule has 0 unspecified atom stereocenters. The monoisotopic (exact) mass is 366 g/mol. The van der Waals surface area contributed by atoms with E-state index in [9.17, 15) is 4.79 Å². The number of nitrogens with zero attached hydrogens (tertiary/aromatic N) is 3. The molecular formula is C22H30N4O. The van der Waals surface area contributed by atoms with Gasteiger partial charge in [-0.25, -0.2) is 9.97 Å². The molecule has 0 spiro atoms. The first-order chi connectivity index (χ1) is 13.0. The minimum atomic E-state index is -0.0825. The predicted molar refractivity (Wildman–Crippen MR) is 109 cm³/mol.